The van der Waals surface area contributed by atoms with Gasteiger partial charge in [-0.05, 0) is 17.7 Å². The highest BCUT2D eigenvalue weighted by molar-refractivity contribution is 8.22. The number of likely N-dealkylation sites (N-methyl/N-ethyl adjacent to an activating group) is 1. The van der Waals surface area contributed by atoms with Crippen LogP contribution in [0.4, 0.5) is 13.2 Å². The Hall–Kier alpha value is -2.43. The third-order valence-electron chi connectivity index (χ3n) is 4.44. The molecule has 1 heterocycles. The van der Waals surface area contributed by atoms with Gasteiger partial charge in [0.25, 0.3) is 0 Å². The molecule has 5 nitrogen and oxygen atoms in total. The summed E-state index contributed by atoms with van der Waals surface area (Å²) in [4.78, 5) is 5.40. The molecule has 1 aromatic heterocycles. The first-order valence-electron chi connectivity index (χ1n) is 8.90. The minimum Gasteiger partial charge on any atom is -0.381 e. The van der Waals surface area contributed by atoms with Gasteiger partial charge in [0, 0.05) is 24.4 Å². The molecule has 1 atom stereocenters. The van der Waals surface area contributed by atoms with Gasteiger partial charge in [-0.15, -0.1) is 0 Å². The molecule has 1 N–H and O–H groups in total. The van der Waals surface area contributed by atoms with Crippen molar-refractivity contribution in [3.8, 4) is 0 Å². The summed E-state index contributed by atoms with van der Waals surface area (Å²) in [6.45, 7) is -0.223. The Morgan fingerprint density at radius 3 is 2.63 bits per heavy atom. The highest BCUT2D eigenvalue weighted by Gasteiger charge is 2.35. The average molecular weight is 453 g/mol. The molecule has 0 saturated heterocycles. The van der Waals surface area contributed by atoms with Crippen LogP contribution in [0.5, 0.6) is 0 Å². The van der Waals surface area contributed by atoms with E-state index in [0.29, 0.717) is 21.7 Å². The van der Waals surface area contributed by atoms with Gasteiger partial charge in [0.1, 0.15) is 40.0 Å². The van der Waals surface area contributed by atoms with Gasteiger partial charge in [-0.1, -0.05) is 48.2 Å². The van der Waals surface area contributed by atoms with Crippen molar-refractivity contribution in [2.75, 3.05) is 13.6 Å². The minimum atomic E-state index is -1.77. The van der Waals surface area contributed by atoms with Crippen molar-refractivity contribution in [2.24, 2.45) is 0 Å². The molecule has 0 spiro atoms. The van der Waals surface area contributed by atoms with Crippen LogP contribution >= 0.6 is 24.0 Å². The van der Waals surface area contributed by atoms with Crippen molar-refractivity contribution < 1.29 is 18.3 Å². The monoisotopic (exact) mass is 452 g/mol. The fourth-order valence-electron chi connectivity index (χ4n) is 2.99. The van der Waals surface area contributed by atoms with Gasteiger partial charge in [0.15, 0.2) is 0 Å². The van der Waals surface area contributed by atoms with E-state index in [2.05, 4.69) is 10.1 Å². The Morgan fingerprint density at radius 2 is 1.97 bits per heavy atom. The molecule has 0 saturated carbocycles. The number of aromatic nitrogens is 3. The van der Waals surface area contributed by atoms with Crippen molar-refractivity contribution in [3.05, 3.63) is 83.7 Å². The van der Waals surface area contributed by atoms with Crippen LogP contribution in [-0.4, -0.2) is 42.7 Å². The zero-order valence-electron chi connectivity index (χ0n) is 16.0. The van der Waals surface area contributed by atoms with E-state index in [9.17, 15) is 18.3 Å². The number of halogens is 3. The van der Waals surface area contributed by atoms with Crippen LogP contribution in [-0.2, 0) is 17.9 Å². The fraction of sp³-hybridized carbons (Fsp3) is 0.250. The summed E-state index contributed by atoms with van der Waals surface area (Å²) >= 11 is 6.63. The van der Waals surface area contributed by atoms with E-state index in [1.54, 1.807) is 30.1 Å². The Kier molecular flexibility index (Phi) is 7.11. The van der Waals surface area contributed by atoms with E-state index in [1.807, 2.05) is 0 Å². The quantitative estimate of drug-likeness (QED) is 0.552. The first kappa shape index (κ1) is 22.3. The maximum Gasteiger partial charge on any atom is 0.137 e. The highest BCUT2D eigenvalue weighted by atomic mass is 32.2. The predicted octanol–water partition coefficient (Wildman–Crippen LogP) is 3.73. The van der Waals surface area contributed by atoms with Gasteiger partial charge in [-0.2, -0.15) is 5.10 Å². The van der Waals surface area contributed by atoms with Crippen LogP contribution < -0.4 is 0 Å². The molecule has 3 aromatic rings. The van der Waals surface area contributed by atoms with Gasteiger partial charge >= 0.3 is 0 Å². The Morgan fingerprint density at radius 1 is 1.20 bits per heavy atom. The van der Waals surface area contributed by atoms with Gasteiger partial charge in [-0.3, -0.25) is 0 Å². The molecule has 0 fully saturated rings. The summed E-state index contributed by atoms with van der Waals surface area (Å²) in [5, 5.41) is 15.3. The normalized spacial score (nSPS) is 13.1. The summed E-state index contributed by atoms with van der Waals surface area (Å²) in [7, 11) is 1.64. The molecule has 1 unspecified atom stereocenters. The fourth-order valence-corrected chi connectivity index (χ4v) is 4.03. The van der Waals surface area contributed by atoms with Crippen molar-refractivity contribution >= 4 is 28.3 Å². The number of thioether (sulfide) groups is 1. The zero-order chi connectivity index (χ0) is 21.7. The molecule has 158 valence electrons. The molecule has 30 heavy (non-hydrogen) atoms. The van der Waals surface area contributed by atoms with E-state index >= 15 is 0 Å². The first-order chi connectivity index (χ1) is 14.3. The summed E-state index contributed by atoms with van der Waals surface area (Å²) in [6.07, 6.45) is 2.68. The lowest BCUT2D eigenvalue weighted by Crippen LogP contribution is -2.44. The molecule has 10 heteroatoms. The molecule has 0 amide bonds. The van der Waals surface area contributed by atoms with Gasteiger partial charge in [-0.25, -0.2) is 22.8 Å². The average Bonchev–Trinajstić information content (AvgIpc) is 3.19. The number of aliphatic hydroxyl groups is 1. The number of hydrogen-bond donors (Lipinski definition) is 1. The predicted molar refractivity (Wildman–Crippen MR) is 113 cm³/mol. The van der Waals surface area contributed by atoms with Crippen molar-refractivity contribution in [1.82, 2.24) is 19.7 Å². The molecule has 0 aliphatic carbocycles. The van der Waals surface area contributed by atoms with Crippen LogP contribution in [0.1, 0.15) is 11.1 Å². The van der Waals surface area contributed by atoms with Crippen molar-refractivity contribution in [1.29, 1.82) is 0 Å². The number of rotatable bonds is 7. The van der Waals surface area contributed by atoms with E-state index < -0.39 is 17.2 Å². The lowest BCUT2D eigenvalue weighted by atomic mass is 9.92. The summed E-state index contributed by atoms with van der Waals surface area (Å²) < 4.78 is 43.4. The molecule has 0 aliphatic rings. The topological polar surface area (TPSA) is 54.2 Å². The maximum atomic E-state index is 14.5. The largest absolute Gasteiger partial charge is 0.381 e. The Bertz CT molecular complexity index is 1020. The molecular weight excluding hydrogens is 433 g/mol. The molecule has 0 bridgehead atoms. The highest BCUT2D eigenvalue weighted by Crippen LogP contribution is 2.29. The lowest BCUT2D eigenvalue weighted by Gasteiger charge is -2.34. The van der Waals surface area contributed by atoms with Gasteiger partial charge in [0.05, 0.1) is 13.1 Å². The second kappa shape index (κ2) is 9.59. The van der Waals surface area contributed by atoms with E-state index in [0.717, 1.165) is 6.07 Å². The molecule has 3 rings (SSSR count). The van der Waals surface area contributed by atoms with E-state index in [1.165, 1.54) is 41.2 Å². The third-order valence-corrected chi connectivity index (χ3v) is 6.12. The summed E-state index contributed by atoms with van der Waals surface area (Å²) in [5.41, 5.74) is -1.36. The summed E-state index contributed by atoms with van der Waals surface area (Å²) in [5.74, 6) is -1.64. The molecular formula is C20H19F3N4OS2. The molecule has 0 aliphatic heterocycles. The second-order valence-corrected chi connectivity index (χ2v) is 8.36. The maximum absolute atomic E-state index is 14.5. The zero-order valence-corrected chi connectivity index (χ0v) is 17.6. The van der Waals surface area contributed by atoms with Crippen LogP contribution in [0.2, 0.25) is 0 Å². The van der Waals surface area contributed by atoms with Crippen molar-refractivity contribution in [2.45, 2.75) is 17.9 Å². The second-order valence-electron chi connectivity index (χ2n) is 6.75. The van der Waals surface area contributed by atoms with Crippen LogP contribution in [0.15, 0.2) is 55.1 Å². The van der Waals surface area contributed by atoms with Crippen LogP contribution in [0.25, 0.3) is 0 Å². The third kappa shape index (κ3) is 5.38. The Balaban J connectivity index is 1.78. The first-order valence-corrected chi connectivity index (χ1v) is 10.3. The number of hydrogen-bond acceptors (Lipinski definition) is 5. The van der Waals surface area contributed by atoms with Gasteiger partial charge in [0.2, 0.25) is 0 Å². The Labute approximate surface area is 181 Å². The van der Waals surface area contributed by atoms with Gasteiger partial charge < -0.3 is 10.0 Å². The van der Waals surface area contributed by atoms with E-state index in [4.69, 9.17) is 12.2 Å². The molecule has 2 aromatic carbocycles. The number of thiocarbonyl (C=S) groups is 1. The molecule has 0 radical (unpaired) electrons. The standard InChI is InChI=1S/C20H19F3N4OS2/c1-26(19(29)30-9-14-4-2-3-5-17(14)22)10-20(28,11-27-13-24-12-25-27)16-7-6-15(21)8-18(16)23/h2-8,12-13,28H,9-11H2,1H3. The van der Waals surface area contributed by atoms with Crippen LogP contribution in [0, 0.1) is 17.5 Å². The minimum absolute atomic E-state index is 0.0897. The lowest BCUT2D eigenvalue weighted by molar-refractivity contribution is -0.00240. The number of nitrogens with zero attached hydrogens (tertiary/aromatic N) is 4. The van der Waals surface area contributed by atoms with E-state index in [-0.39, 0.29) is 24.5 Å². The number of benzene rings is 2. The SMILES string of the molecule is CN(CC(O)(Cn1cncn1)c1ccc(F)cc1F)C(=S)SCc1ccccc1F. The summed E-state index contributed by atoms with van der Waals surface area (Å²) in [6, 6.07) is 9.37. The smallest absolute Gasteiger partial charge is 0.137 e. The van der Waals surface area contributed by atoms with Crippen LogP contribution in [0.3, 0.4) is 0 Å². The van der Waals surface area contributed by atoms with Crippen molar-refractivity contribution in [3.63, 3.8) is 0 Å².